The van der Waals surface area contributed by atoms with Crippen LogP contribution in [0.25, 0.3) is 0 Å². The van der Waals surface area contributed by atoms with Gasteiger partial charge in [-0.2, -0.15) is 0 Å². The van der Waals surface area contributed by atoms with Gasteiger partial charge in [-0.25, -0.2) is 0 Å². The number of halogens is 3. The van der Waals surface area contributed by atoms with Crippen LogP contribution >= 0.6 is 39.1 Å². The number of benzene rings is 3. The molecule has 3 aromatic rings. The molecule has 1 N–H and O–H groups in total. The van der Waals surface area contributed by atoms with Gasteiger partial charge in [0.15, 0.2) is 0 Å². The van der Waals surface area contributed by atoms with E-state index in [9.17, 15) is 4.79 Å². The number of anilines is 1. The fraction of sp³-hybridized carbons (Fsp3) is 0.0952. The fourth-order valence-corrected chi connectivity index (χ4v) is 3.16. The second kappa shape index (κ2) is 9.27. The topological polar surface area (TPSA) is 38.3 Å². The van der Waals surface area contributed by atoms with Crippen molar-refractivity contribution < 1.29 is 9.53 Å². The summed E-state index contributed by atoms with van der Waals surface area (Å²) in [7, 11) is 0. The van der Waals surface area contributed by atoms with Crippen LogP contribution in [0.2, 0.25) is 10.0 Å². The molecule has 3 aromatic carbocycles. The van der Waals surface area contributed by atoms with E-state index in [0.29, 0.717) is 33.7 Å². The Bertz CT molecular complexity index is 948. The third kappa shape index (κ3) is 5.48. The Morgan fingerprint density at radius 1 is 0.963 bits per heavy atom. The van der Waals surface area contributed by atoms with Gasteiger partial charge in [-0.05, 0) is 42.0 Å². The van der Waals surface area contributed by atoms with Gasteiger partial charge < -0.3 is 10.1 Å². The van der Waals surface area contributed by atoms with Crippen LogP contribution in [0.15, 0.2) is 71.2 Å². The summed E-state index contributed by atoms with van der Waals surface area (Å²) >= 11 is 15.3. The van der Waals surface area contributed by atoms with Crippen LogP contribution in [-0.4, -0.2) is 12.5 Å². The molecule has 0 aliphatic carbocycles. The largest absolute Gasteiger partial charge is 0.492 e. The van der Waals surface area contributed by atoms with Crippen molar-refractivity contribution >= 4 is 50.7 Å². The van der Waals surface area contributed by atoms with Crippen molar-refractivity contribution in [2.45, 2.75) is 6.42 Å². The summed E-state index contributed by atoms with van der Waals surface area (Å²) in [6, 6.07) is 20.3. The number of amides is 1. The van der Waals surface area contributed by atoms with E-state index in [4.69, 9.17) is 27.9 Å². The average molecular weight is 465 g/mol. The highest BCUT2D eigenvalue weighted by Crippen LogP contribution is 2.27. The molecule has 0 heterocycles. The summed E-state index contributed by atoms with van der Waals surface area (Å²) in [5.41, 5.74) is 2.17. The Balaban J connectivity index is 1.72. The van der Waals surface area contributed by atoms with E-state index in [-0.39, 0.29) is 5.91 Å². The molecular formula is C21H16BrCl2NO2. The van der Waals surface area contributed by atoms with Gasteiger partial charge in [0.1, 0.15) is 5.75 Å². The highest BCUT2D eigenvalue weighted by Gasteiger charge is 2.14. The zero-order valence-electron chi connectivity index (χ0n) is 14.2. The molecule has 0 aliphatic heterocycles. The lowest BCUT2D eigenvalue weighted by atomic mass is 10.1. The maximum absolute atomic E-state index is 12.7. The normalized spacial score (nSPS) is 10.5. The first-order valence-corrected chi connectivity index (χ1v) is 9.80. The maximum Gasteiger partial charge on any atom is 0.259 e. The van der Waals surface area contributed by atoms with E-state index in [1.165, 1.54) is 5.56 Å². The lowest BCUT2D eigenvalue weighted by Gasteiger charge is -2.13. The monoisotopic (exact) mass is 463 g/mol. The minimum atomic E-state index is -0.288. The molecule has 0 spiro atoms. The minimum Gasteiger partial charge on any atom is -0.492 e. The molecule has 0 aliphatic rings. The van der Waals surface area contributed by atoms with E-state index in [0.717, 1.165) is 10.9 Å². The van der Waals surface area contributed by atoms with Gasteiger partial charge in [0.25, 0.3) is 5.91 Å². The molecule has 0 atom stereocenters. The number of carbonyl (C=O) groups excluding carboxylic acids is 1. The number of ether oxygens (including phenoxy) is 1. The van der Waals surface area contributed by atoms with Gasteiger partial charge in [0.05, 0.1) is 22.2 Å². The molecule has 27 heavy (non-hydrogen) atoms. The van der Waals surface area contributed by atoms with Crippen LogP contribution in [0.3, 0.4) is 0 Å². The summed E-state index contributed by atoms with van der Waals surface area (Å²) in [5.74, 6) is 0.232. The van der Waals surface area contributed by atoms with Crippen LogP contribution in [0.5, 0.6) is 5.75 Å². The van der Waals surface area contributed by atoms with Crippen molar-refractivity contribution in [3.8, 4) is 5.75 Å². The van der Waals surface area contributed by atoms with Gasteiger partial charge in [0, 0.05) is 16.6 Å². The van der Waals surface area contributed by atoms with Crippen molar-refractivity contribution in [3.05, 3.63) is 92.4 Å². The third-order valence-electron chi connectivity index (χ3n) is 3.85. The Hall–Kier alpha value is -2.01. The van der Waals surface area contributed by atoms with Crippen molar-refractivity contribution in [1.82, 2.24) is 0 Å². The van der Waals surface area contributed by atoms with E-state index < -0.39 is 0 Å². The smallest absolute Gasteiger partial charge is 0.259 e. The Morgan fingerprint density at radius 3 is 2.48 bits per heavy atom. The van der Waals surface area contributed by atoms with E-state index in [2.05, 4.69) is 21.2 Å². The summed E-state index contributed by atoms with van der Waals surface area (Å²) in [6.07, 6.45) is 0.755. The second-order valence-electron chi connectivity index (χ2n) is 5.81. The average Bonchev–Trinajstić information content (AvgIpc) is 2.66. The van der Waals surface area contributed by atoms with Gasteiger partial charge in [0.2, 0.25) is 0 Å². The van der Waals surface area contributed by atoms with Gasteiger partial charge in [-0.3, -0.25) is 4.79 Å². The number of hydrogen-bond acceptors (Lipinski definition) is 2. The molecule has 0 aromatic heterocycles. The quantitative estimate of drug-likeness (QED) is 0.444. The van der Waals surface area contributed by atoms with E-state index in [1.54, 1.807) is 30.3 Å². The third-order valence-corrected chi connectivity index (χ3v) is 5.09. The first-order valence-electron chi connectivity index (χ1n) is 8.25. The molecule has 0 fully saturated rings. The zero-order chi connectivity index (χ0) is 19.2. The first-order chi connectivity index (χ1) is 13.0. The molecule has 1 amide bonds. The van der Waals surface area contributed by atoms with Crippen LogP contribution in [0.1, 0.15) is 15.9 Å². The molecule has 3 rings (SSSR count). The SMILES string of the molecule is O=C(Nc1ccc(Cl)c(Cl)c1)c1cc(Br)ccc1OCCc1ccccc1. The molecule has 0 bridgehead atoms. The number of carbonyl (C=O) groups is 1. The first kappa shape index (κ1) is 19.7. The van der Waals surface area contributed by atoms with Gasteiger partial charge in [-0.1, -0.05) is 69.5 Å². The summed E-state index contributed by atoms with van der Waals surface area (Å²) in [4.78, 5) is 12.7. The number of nitrogens with one attached hydrogen (secondary N) is 1. The molecule has 138 valence electrons. The van der Waals surface area contributed by atoms with Crippen LogP contribution < -0.4 is 10.1 Å². The van der Waals surface area contributed by atoms with Crippen molar-refractivity contribution in [1.29, 1.82) is 0 Å². The van der Waals surface area contributed by atoms with Crippen molar-refractivity contribution in [2.75, 3.05) is 11.9 Å². The molecule has 0 unspecified atom stereocenters. The van der Waals surface area contributed by atoms with Gasteiger partial charge >= 0.3 is 0 Å². The lowest BCUT2D eigenvalue weighted by Crippen LogP contribution is -2.14. The summed E-state index contributed by atoms with van der Waals surface area (Å²) < 4.78 is 6.66. The van der Waals surface area contributed by atoms with Crippen LogP contribution in [-0.2, 0) is 6.42 Å². The zero-order valence-corrected chi connectivity index (χ0v) is 17.3. The molecule has 6 heteroatoms. The lowest BCUT2D eigenvalue weighted by molar-refractivity contribution is 0.102. The maximum atomic E-state index is 12.7. The molecule has 0 radical (unpaired) electrons. The van der Waals surface area contributed by atoms with Crippen LogP contribution in [0.4, 0.5) is 5.69 Å². The fourth-order valence-electron chi connectivity index (χ4n) is 2.50. The summed E-state index contributed by atoms with van der Waals surface area (Å²) in [6.45, 7) is 0.471. The predicted molar refractivity (Wildman–Crippen MR) is 114 cm³/mol. The van der Waals surface area contributed by atoms with E-state index in [1.807, 2.05) is 36.4 Å². The molecular weight excluding hydrogens is 449 g/mol. The Labute approximate surface area is 176 Å². The minimum absolute atomic E-state index is 0.288. The predicted octanol–water partition coefficient (Wildman–Crippen LogP) is 6.63. The molecule has 0 saturated carbocycles. The van der Waals surface area contributed by atoms with E-state index >= 15 is 0 Å². The standard InChI is InChI=1S/C21H16BrCl2NO2/c22-15-6-9-20(27-11-10-14-4-2-1-3-5-14)17(12-15)21(26)25-16-7-8-18(23)19(24)13-16/h1-9,12-13H,10-11H2,(H,25,26). The van der Waals surface area contributed by atoms with Gasteiger partial charge in [-0.15, -0.1) is 0 Å². The summed E-state index contributed by atoms with van der Waals surface area (Å²) in [5, 5.41) is 3.63. The Morgan fingerprint density at radius 2 is 1.74 bits per heavy atom. The number of hydrogen-bond donors (Lipinski definition) is 1. The highest BCUT2D eigenvalue weighted by atomic mass is 79.9. The van der Waals surface area contributed by atoms with Crippen LogP contribution in [0, 0.1) is 0 Å². The molecule has 0 saturated heterocycles. The Kier molecular flexibility index (Phi) is 6.78. The van der Waals surface area contributed by atoms with Crippen molar-refractivity contribution in [2.24, 2.45) is 0 Å². The van der Waals surface area contributed by atoms with Crippen molar-refractivity contribution in [3.63, 3.8) is 0 Å². The number of rotatable bonds is 6. The second-order valence-corrected chi connectivity index (χ2v) is 7.54. The highest BCUT2D eigenvalue weighted by molar-refractivity contribution is 9.10. The molecule has 3 nitrogen and oxygen atoms in total.